The molecule has 1 aromatic heterocycles. The van der Waals surface area contributed by atoms with Gasteiger partial charge in [0.05, 0.1) is 10.7 Å². The average Bonchev–Trinajstić information content (AvgIpc) is 2.81. The maximum atomic E-state index is 9.76. The van der Waals surface area contributed by atoms with Gasteiger partial charge >= 0.3 is 0 Å². The SMILES string of the molecule is N=C(N)c1ccc2c(c1)=NC(c1ncccc1O)N=2. The second kappa shape index (κ2) is 4.16. The lowest BCUT2D eigenvalue weighted by atomic mass is 10.2. The zero-order valence-electron chi connectivity index (χ0n) is 9.91. The van der Waals surface area contributed by atoms with E-state index in [1.165, 1.54) is 0 Å². The molecule has 1 aliphatic rings. The van der Waals surface area contributed by atoms with Gasteiger partial charge in [0.1, 0.15) is 17.3 Å². The summed E-state index contributed by atoms with van der Waals surface area (Å²) in [4.78, 5) is 12.9. The minimum absolute atomic E-state index is 0.0119. The number of hydrogen-bond donors (Lipinski definition) is 3. The Hall–Kier alpha value is -2.76. The Kier molecular flexibility index (Phi) is 2.49. The number of nitrogens with zero attached hydrogens (tertiary/aromatic N) is 3. The predicted molar refractivity (Wildman–Crippen MR) is 68.4 cm³/mol. The van der Waals surface area contributed by atoms with E-state index in [2.05, 4.69) is 15.0 Å². The molecule has 0 aliphatic carbocycles. The van der Waals surface area contributed by atoms with Crippen molar-refractivity contribution in [2.75, 3.05) is 0 Å². The van der Waals surface area contributed by atoms with Crippen molar-refractivity contribution >= 4 is 5.84 Å². The summed E-state index contributed by atoms with van der Waals surface area (Å²) >= 11 is 0. The fourth-order valence-corrected chi connectivity index (χ4v) is 1.93. The summed E-state index contributed by atoms with van der Waals surface area (Å²) < 4.78 is 0. The van der Waals surface area contributed by atoms with Gasteiger partial charge in [-0.15, -0.1) is 0 Å². The highest BCUT2D eigenvalue weighted by atomic mass is 16.3. The number of aromatic hydroxyl groups is 1. The molecule has 6 heteroatoms. The molecule has 1 unspecified atom stereocenters. The van der Waals surface area contributed by atoms with Crippen LogP contribution in [0.25, 0.3) is 0 Å². The Bertz CT molecular complexity index is 784. The molecule has 0 spiro atoms. The van der Waals surface area contributed by atoms with Crippen LogP contribution in [0.5, 0.6) is 5.75 Å². The standard InChI is InChI=1S/C13H11N5O/c14-12(15)7-3-4-8-9(6-7)18-13(17-8)11-10(19)2-1-5-16-11/h1-6,13,19H,(H3,14,15). The van der Waals surface area contributed by atoms with Gasteiger partial charge in [0.25, 0.3) is 0 Å². The summed E-state index contributed by atoms with van der Waals surface area (Å²) in [6.07, 6.45) is 1.04. The van der Waals surface area contributed by atoms with Crippen LogP contribution in [0.1, 0.15) is 17.4 Å². The van der Waals surface area contributed by atoms with E-state index in [9.17, 15) is 5.11 Å². The number of rotatable bonds is 2. The first-order valence-corrected chi connectivity index (χ1v) is 5.69. The van der Waals surface area contributed by atoms with Crippen LogP contribution >= 0.6 is 0 Å². The van der Waals surface area contributed by atoms with E-state index in [-0.39, 0.29) is 11.6 Å². The average molecular weight is 253 g/mol. The zero-order chi connectivity index (χ0) is 13.4. The Morgan fingerprint density at radius 1 is 1.21 bits per heavy atom. The molecule has 4 N–H and O–H groups in total. The molecule has 0 saturated heterocycles. The van der Waals surface area contributed by atoms with Crippen molar-refractivity contribution in [3.63, 3.8) is 0 Å². The number of pyridine rings is 1. The number of amidine groups is 1. The zero-order valence-corrected chi connectivity index (χ0v) is 9.91. The van der Waals surface area contributed by atoms with Crippen LogP contribution in [0.2, 0.25) is 0 Å². The highest BCUT2D eigenvalue weighted by molar-refractivity contribution is 5.94. The first kappa shape index (κ1) is 11.3. The molecule has 0 radical (unpaired) electrons. The molecule has 3 rings (SSSR count). The molecule has 94 valence electrons. The molecule has 1 atom stereocenters. The van der Waals surface area contributed by atoms with Gasteiger partial charge < -0.3 is 10.8 Å². The van der Waals surface area contributed by atoms with Crippen LogP contribution in [0.15, 0.2) is 46.5 Å². The van der Waals surface area contributed by atoms with E-state index in [0.717, 1.165) is 0 Å². The molecule has 0 amide bonds. The highest BCUT2D eigenvalue weighted by Gasteiger charge is 2.17. The van der Waals surface area contributed by atoms with Gasteiger partial charge in [0.2, 0.25) is 0 Å². The Labute approximate surface area is 108 Å². The van der Waals surface area contributed by atoms with Crippen LogP contribution in [0.3, 0.4) is 0 Å². The van der Waals surface area contributed by atoms with Crippen molar-refractivity contribution in [2.45, 2.75) is 6.17 Å². The molecule has 0 bridgehead atoms. The van der Waals surface area contributed by atoms with Crippen molar-refractivity contribution in [1.82, 2.24) is 4.98 Å². The van der Waals surface area contributed by atoms with Gasteiger partial charge in [-0.25, -0.2) is 9.98 Å². The maximum absolute atomic E-state index is 9.76. The summed E-state index contributed by atoms with van der Waals surface area (Å²) in [6, 6.07) is 8.39. The second-order valence-corrected chi connectivity index (χ2v) is 4.16. The summed E-state index contributed by atoms with van der Waals surface area (Å²) in [6.45, 7) is 0. The van der Waals surface area contributed by atoms with Gasteiger partial charge in [0.15, 0.2) is 6.17 Å². The molecule has 19 heavy (non-hydrogen) atoms. The number of aromatic nitrogens is 1. The minimum Gasteiger partial charge on any atom is -0.506 e. The molecule has 0 saturated carbocycles. The number of fused-ring (bicyclic) bond motifs is 1. The van der Waals surface area contributed by atoms with Crippen LogP contribution in [0.4, 0.5) is 0 Å². The van der Waals surface area contributed by atoms with Gasteiger partial charge in [-0.05, 0) is 30.3 Å². The molecule has 0 fully saturated rings. The quantitative estimate of drug-likeness (QED) is 0.518. The molecule has 1 aromatic carbocycles. The third-order valence-corrected chi connectivity index (χ3v) is 2.87. The molecule has 6 nitrogen and oxygen atoms in total. The third kappa shape index (κ3) is 1.93. The largest absolute Gasteiger partial charge is 0.506 e. The number of nitrogens with two attached hydrogens (primary N) is 1. The Morgan fingerprint density at radius 2 is 2.00 bits per heavy atom. The fourth-order valence-electron chi connectivity index (χ4n) is 1.93. The first-order chi connectivity index (χ1) is 9.15. The van der Waals surface area contributed by atoms with E-state index in [1.54, 1.807) is 36.5 Å². The number of nitrogen functional groups attached to an aromatic ring is 1. The lowest BCUT2D eigenvalue weighted by molar-refractivity contribution is 0.457. The van der Waals surface area contributed by atoms with Crippen molar-refractivity contribution < 1.29 is 5.11 Å². The second-order valence-electron chi connectivity index (χ2n) is 4.16. The third-order valence-electron chi connectivity index (χ3n) is 2.87. The van der Waals surface area contributed by atoms with Crippen LogP contribution < -0.4 is 16.4 Å². The Morgan fingerprint density at radius 3 is 2.74 bits per heavy atom. The Balaban J connectivity index is 2.10. The topological polar surface area (TPSA) is 108 Å². The smallest absolute Gasteiger partial charge is 0.186 e. The molecular formula is C13H11N5O. The number of benzene rings is 1. The van der Waals surface area contributed by atoms with Crippen LogP contribution in [0, 0.1) is 5.41 Å². The van der Waals surface area contributed by atoms with Gasteiger partial charge in [-0.1, -0.05) is 0 Å². The van der Waals surface area contributed by atoms with E-state index >= 15 is 0 Å². The van der Waals surface area contributed by atoms with E-state index in [0.29, 0.717) is 22.0 Å². The van der Waals surface area contributed by atoms with Crippen molar-refractivity contribution in [3.05, 3.63) is 58.5 Å². The van der Waals surface area contributed by atoms with Crippen molar-refractivity contribution in [3.8, 4) is 5.75 Å². The fraction of sp³-hybridized carbons (Fsp3) is 0.0769. The highest BCUT2D eigenvalue weighted by Crippen LogP contribution is 2.25. The van der Waals surface area contributed by atoms with Gasteiger partial charge in [-0.3, -0.25) is 10.4 Å². The first-order valence-electron chi connectivity index (χ1n) is 5.69. The predicted octanol–water partition coefficient (Wildman–Crippen LogP) is 0.0229. The van der Waals surface area contributed by atoms with Crippen molar-refractivity contribution in [2.24, 2.45) is 15.7 Å². The van der Waals surface area contributed by atoms with E-state index < -0.39 is 6.17 Å². The minimum atomic E-state index is -0.543. The van der Waals surface area contributed by atoms with Gasteiger partial charge in [0, 0.05) is 11.8 Å². The lowest BCUT2D eigenvalue weighted by Crippen LogP contribution is -2.24. The van der Waals surface area contributed by atoms with Crippen molar-refractivity contribution in [1.29, 1.82) is 5.41 Å². The molecule has 2 heterocycles. The van der Waals surface area contributed by atoms with E-state index in [4.69, 9.17) is 11.1 Å². The molecule has 2 aromatic rings. The van der Waals surface area contributed by atoms with Crippen LogP contribution in [-0.2, 0) is 0 Å². The monoisotopic (exact) mass is 253 g/mol. The summed E-state index contributed by atoms with van der Waals surface area (Å²) in [5, 5.41) is 18.5. The number of nitrogens with one attached hydrogen (secondary N) is 1. The van der Waals surface area contributed by atoms with Crippen LogP contribution in [-0.4, -0.2) is 15.9 Å². The molecule has 1 aliphatic heterocycles. The maximum Gasteiger partial charge on any atom is 0.186 e. The lowest BCUT2D eigenvalue weighted by Gasteiger charge is -2.04. The summed E-state index contributed by atoms with van der Waals surface area (Å²) in [7, 11) is 0. The summed E-state index contributed by atoms with van der Waals surface area (Å²) in [5.74, 6) is 0.0572. The normalized spacial score (nSPS) is 16.3. The van der Waals surface area contributed by atoms with E-state index in [1.807, 2.05) is 0 Å². The molecular weight excluding hydrogens is 242 g/mol. The summed E-state index contributed by atoms with van der Waals surface area (Å²) in [5.41, 5.74) is 6.46. The number of hydrogen-bond acceptors (Lipinski definition) is 5. The van der Waals surface area contributed by atoms with Gasteiger partial charge in [-0.2, -0.15) is 0 Å².